The number of hydrogen-bond acceptors (Lipinski definition) is 5. The van der Waals surface area contributed by atoms with Crippen molar-refractivity contribution in [1.29, 1.82) is 0 Å². The van der Waals surface area contributed by atoms with Crippen LogP contribution in [0.15, 0.2) is 0 Å². The largest absolute Gasteiger partial charge is 0.492 e. The van der Waals surface area contributed by atoms with Gasteiger partial charge < -0.3 is 15.8 Å². The van der Waals surface area contributed by atoms with Crippen molar-refractivity contribution < 1.29 is 22.7 Å². The average Bonchev–Trinajstić information content (AvgIpc) is 2.52. The Labute approximate surface area is 112 Å². The van der Waals surface area contributed by atoms with Crippen LogP contribution in [0.25, 0.3) is 0 Å². The van der Waals surface area contributed by atoms with E-state index in [0.29, 0.717) is 5.00 Å². The molecule has 8 heteroatoms. The van der Waals surface area contributed by atoms with Gasteiger partial charge in [0.25, 0.3) is 0 Å². The van der Waals surface area contributed by atoms with E-state index in [2.05, 4.69) is 5.32 Å². The Balaban J connectivity index is 2.95. The highest BCUT2D eigenvalue weighted by molar-refractivity contribution is 7.19. The Morgan fingerprint density at radius 1 is 1.53 bits per heavy atom. The van der Waals surface area contributed by atoms with E-state index < -0.39 is 18.6 Å². The fraction of sp³-hybridized carbons (Fsp3) is 0.545. The van der Waals surface area contributed by atoms with Crippen molar-refractivity contribution in [2.75, 3.05) is 18.2 Å². The molecule has 1 aromatic heterocycles. The highest BCUT2D eigenvalue weighted by Gasteiger charge is 2.31. The van der Waals surface area contributed by atoms with Crippen molar-refractivity contribution in [3.05, 3.63) is 4.88 Å². The van der Waals surface area contributed by atoms with Gasteiger partial charge in [-0.1, -0.05) is 0 Å². The third-order valence-corrected chi connectivity index (χ3v) is 3.56. The van der Waals surface area contributed by atoms with Crippen LogP contribution < -0.4 is 15.8 Å². The van der Waals surface area contributed by atoms with Crippen LogP contribution >= 0.6 is 11.3 Å². The lowest BCUT2D eigenvalue weighted by atomic mass is 10.2. The molecule has 0 radical (unpaired) electrons. The smallest absolute Gasteiger partial charge is 0.391 e. The zero-order valence-electron chi connectivity index (χ0n) is 10.7. The third kappa shape index (κ3) is 4.02. The van der Waals surface area contributed by atoms with Gasteiger partial charge in [0, 0.05) is 13.0 Å². The van der Waals surface area contributed by atoms with E-state index in [-0.39, 0.29) is 22.1 Å². The monoisotopic (exact) mass is 296 g/mol. The maximum Gasteiger partial charge on any atom is 0.391 e. The molecule has 0 aromatic carbocycles. The number of anilines is 2. The van der Waals surface area contributed by atoms with Crippen LogP contribution in [0.3, 0.4) is 0 Å². The fourth-order valence-electron chi connectivity index (χ4n) is 1.61. The standard InChI is InChI=1S/C11H15F3N2O2S/c1-5(4-11(12,13)14)16-10-8(18-3)7(15)9(19-10)6(2)17/h5,16H,4,15H2,1-3H3. The van der Waals surface area contributed by atoms with Gasteiger partial charge >= 0.3 is 6.18 Å². The number of thiophene rings is 1. The molecule has 3 N–H and O–H groups in total. The Bertz CT molecular complexity index is 471. The number of nitrogen functional groups attached to an aromatic ring is 1. The summed E-state index contributed by atoms with van der Waals surface area (Å²) in [6.07, 6.45) is -5.24. The van der Waals surface area contributed by atoms with Crippen LogP contribution in [0.1, 0.15) is 29.9 Å². The van der Waals surface area contributed by atoms with Crippen molar-refractivity contribution in [1.82, 2.24) is 0 Å². The summed E-state index contributed by atoms with van der Waals surface area (Å²) in [6, 6.07) is -0.841. The molecule has 0 saturated heterocycles. The van der Waals surface area contributed by atoms with Crippen molar-refractivity contribution in [2.24, 2.45) is 0 Å². The molecule has 0 spiro atoms. The number of ether oxygens (including phenoxy) is 1. The molecule has 1 heterocycles. The van der Waals surface area contributed by atoms with Crippen LogP contribution in [0.4, 0.5) is 23.9 Å². The number of ketones is 1. The van der Waals surface area contributed by atoms with Crippen LogP contribution in [0.5, 0.6) is 5.75 Å². The van der Waals surface area contributed by atoms with Gasteiger partial charge in [-0.05, 0) is 6.92 Å². The molecule has 1 aromatic rings. The van der Waals surface area contributed by atoms with Gasteiger partial charge in [0.2, 0.25) is 0 Å². The maximum absolute atomic E-state index is 12.3. The van der Waals surface area contributed by atoms with Gasteiger partial charge in [0.15, 0.2) is 11.5 Å². The Morgan fingerprint density at radius 2 is 2.11 bits per heavy atom. The van der Waals surface area contributed by atoms with Crippen LogP contribution in [0.2, 0.25) is 0 Å². The second-order valence-corrected chi connectivity index (χ2v) is 5.15. The van der Waals surface area contributed by atoms with Gasteiger partial charge in [0.05, 0.1) is 24.1 Å². The highest BCUT2D eigenvalue weighted by atomic mass is 32.1. The number of carbonyl (C=O) groups excluding carboxylic acids is 1. The summed E-state index contributed by atoms with van der Waals surface area (Å²) in [6.45, 7) is 2.74. The molecule has 108 valence electrons. The van der Waals surface area contributed by atoms with E-state index in [0.717, 1.165) is 11.3 Å². The zero-order valence-corrected chi connectivity index (χ0v) is 11.5. The molecule has 1 atom stereocenters. The van der Waals surface area contributed by atoms with Gasteiger partial charge in [0.1, 0.15) is 5.00 Å². The summed E-state index contributed by atoms with van der Waals surface area (Å²) in [7, 11) is 1.35. The summed E-state index contributed by atoms with van der Waals surface area (Å²) in [4.78, 5) is 11.6. The zero-order chi connectivity index (χ0) is 14.8. The van der Waals surface area contributed by atoms with Crippen molar-refractivity contribution in [2.45, 2.75) is 32.5 Å². The number of nitrogens with two attached hydrogens (primary N) is 1. The molecule has 0 saturated carbocycles. The number of alkyl halides is 3. The summed E-state index contributed by atoms with van der Waals surface area (Å²) >= 11 is 0.995. The lowest BCUT2D eigenvalue weighted by Crippen LogP contribution is -2.23. The van der Waals surface area contributed by atoms with Crippen LogP contribution in [-0.2, 0) is 0 Å². The summed E-state index contributed by atoms with van der Waals surface area (Å²) in [5.74, 6) is -0.0402. The molecule has 4 nitrogen and oxygen atoms in total. The molecular weight excluding hydrogens is 281 g/mol. The molecule has 1 unspecified atom stereocenters. The van der Waals surface area contributed by atoms with Crippen LogP contribution in [-0.4, -0.2) is 25.1 Å². The number of halogens is 3. The molecule has 0 aliphatic heterocycles. The van der Waals surface area contributed by atoms with E-state index in [9.17, 15) is 18.0 Å². The van der Waals surface area contributed by atoms with Crippen molar-refractivity contribution in [3.8, 4) is 5.75 Å². The maximum atomic E-state index is 12.3. The van der Waals surface area contributed by atoms with Gasteiger partial charge in [-0.2, -0.15) is 13.2 Å². The normalized spacial score (nSPS) is 13.2. The Kier molecular flexibility index (Phi) is 4.67. The lowest BCUT2D eigenvalue weighted by Gasteiger charge is -2.16. The number of rotatable bonds is 5. The summed E-state index contributed by atoms with van der Waals surface area (Å²) < 4.78 is 41.8. The Hall–Kier alpha value is -1.44. The lowest BCUT2D eigenvalue weighted by molar-refractivity contribution is -0.136. The second kappa shape index (κ2) is 5.68. The molecule has 0 amide bonds. The Morgan fingerprint density at radius 3 is 2.53 bits per heavy atom. The van der Waals surface area contributed by atoms with E-state index in [4.69, 9.17) is 10.5 Å². The minimum Gasteiger partial charge on any atom is -0.492 e. The summed E-state index contributed by atoms with van der Waals surface area (Å²) in [5, 5.41) is 3.01. The predicted molar refractivity (Wildman–Crippen MR) is 69.0 cm³/mol. The van der Waals surface area contributed by atoms with Crippen LogP contribution in [0, 0.1) is 0 Å². The molecule has 0 bridgehead atoms. The fourth-order valence-corrected chi connectivity index (χ4v) is 2.71. The molecule has 0 aliphatic carbocycles. The first-order valence-electron chi connectivity index (χ1n) is 5.46. The molecule has 0 fully saturated rings. The van der Waals surface area contributed by atoms with Gasteiger partial charge in [-0.25, -0.2) is 0 Å². The highest BCUT2D eigenvalue weighted by Crippen LogP contribution is 2.43. The van der Waals surface area contributed by atoms with Gasteiger partial charge in [-0.15, -0.1) is 11.3 Å². The number of Topliss-reactive ketones (excluding diaryl/α,β-unsaturated/α-hetero) is 1. The molecular formula is C11H15F3N2O2S. The van der Waals surface area contributed by atoms with E-state index in [1.54, 1.807) is 0 Å². The van der Waals surface area contributed by atoms with Crippen molar-refractivity contribution >= 4 is 27.8 Å². The predicted octanol–water partition coefficient (Wildman–Crippen LogP) is 3.29. The van der Waals surface area contributed by atoms with Gasteiger partial charge in [-0.3, -0.25) is 4.79 Å². The number of carbonyl (C=O) groups is 1. The molecule has 0 aliphatic rings. The number of hydrogen-bond donors (Lipinski definition) is 2. The topological polar surface area (TPSA) is 64.3 Å². The second-order valence-electron chi connectivity index (χ2n) is 4.13. The quantitative estimate of drug-likeness (QED) is 0.818. The van der Waals surface area contributed by atoms with Crippen molar-refractivity contribution in [3.63, 3.8) is 0 Å². The minimum absolute atomic E-state index is 0.154. The van der Waals surface area contributed by atoms with E-state index in [1.807, 2.05) is 0 Å². The number of methoxy groups -OCH3 is 1. The van der Waals surface area contributed by atoms with E-state index >= 15 is 0 Å². The first-order valence-corrected chi connectivity index (χ1v) is 6.27. The third-order valence-electron chi connectivity index (χ3n) is 2.34. The number of nitrogens with one attached hydrogen (secondary N) is 1. The average molecular weight is 296 g/mol. The summed E-state index contributed by atoms with van der Waals surface area (Å²) in [5.41, 5.74) is 5.88. The molecule has 1 rings (SSSR count). The SMILES string of the molecule is COc1c(NC(C)CC(F)(F)F)sc(C(C)=O)c1N. The molecule has 19 heavy (non-hydrogen) atoms. The first kappa shape index (κ1) is 15.6. The minimum atomic E-state index is -4.26. The first-order chi connectivity index (χ1) is 8.65. The van der Waals surface area contributed by atoms with E-state index in [1.165, 1.54) is 21.0 Å².